The summed E-state index contributed by atoms with van der Waals surface area (Å²) in [6, 6.07) is 20.8. The number of piperidine rings is 1. The van der Waals surface area contributed by atoms with Crippen molar-refractivity contribution in [3.05, 3.63) is 72.4 Å². The number of amides is 2. The number of hydrogen-bond donors (Lipinski definition) is 1. The number of carbonyl (C=O) groups is 1. The summed E-state index contributed by atoms with van der Waals surface area (Å²) in [5.74, 6) is 0.629. The van der Waals surface area contributed by atoms with Crippen molar-refractivity contribution in [2.24, 2.45) is 5.92 Å². The summed E-state index contributed by atoms with van der Waals surface area (Å²) in [5, 5.41) is 4.33. The van der Waals surface area contributed by atoms with Gasteiger partial charge in [0.15, 0.2) is 0 Å². The Balaban J connectivity index is 1.28. The van der Waals surface area contributed by atoms with Crippen LogP contribution in [0.2, 0.25) is 0 Å². The minimum atomic E-state index is 0.0544. The van der Waals surface area contributed by atoms with Crippen LogP contribution in [0.1, 0.15) is 18.4 Å². The van der Waals surface area contributed by atoms with Crippen LogP contribution in [-0.2, 0) is 13.1 Å². The third-order valence-corrected chi connectivity index (χ3v) is 5.32. The van der Waals surface area contributed by atoms with Crippen molar-refractivity contribution in [1.82, 2.24) is 14.8 Å². The Kier molecular flexibility index (Phi) is 4.91. The highest BCUT2D eigenvalue weighted by atomic mass is 16.2. The molecule has 0 spiro atoms. The van der Waals surface area contributed by atoms with Crippen LogP contribution in [0.15, 0.2) is 66.9 Å². The first-order valence-electron chi connectivity index (χ1n) is 9.40. The monoisotopic (exact) mass is 347 g/mol. The van der Waals surface area contributed by atoms with Gasteiger partial charge in [-0.3, -0.25) is 0 Å². The van der Waals surface area contributed by atoms with E-state index in [1.807, 2.05) is 35.2 Å². The lowest BCUT2D eigenvalue weighted by atomic mass is 9.97. The number of carbonyl (C=O) groups excluding carboxylic acids is 1. The Morgan fingerprint density at radius 3 is 2.50 bits per heavy atom. The lowest BCUT2D eigenvalue weighted by molar-refractivity contribution is 0.165. The summed E-state index contributed by atoms with van der Waals surface area (Å²) in [6.45, 7) is 3.30. The van der Waals surface area contributed by atoms with E-state index in [0.29, 0.717) is 12.5 Å². The number of nitrogens with one attached hydrogen (secondary N) is 1. The largest absolute Gasteiger partial charge is 0.347 e. The maximum absolute atomic E-state index is 12.4. The second-order valence-corrected chi connectivity index (χ2v) is 7.10. The van der Waals surface area contributed by atoms with Gasteiger partial charge in [-0.25, -0.2) is 4.79 Å². The molecule has 2 aromatic carbocycles. The number of aromatic nitrogens is 1. The molecule has 1 aromatic heterocycles. The Hall–Kier alpha value is -2.75. The lowest BCUT2D eigenvalue weighted by Gasteiger charge is -2.32. The second-order valence-electron chi connectivity index (χ2n) is 7.10. The van der Waals surface area contributed by atoms with Crippen molar-refractivity contribution in [2.45, 2.75) is 25.9 Å². The normalized spacial score (nSPS) is 15.3. The van der Waals surface area contributed by atoms with E-state index in [1.165, 1.54) is 10.9 Å². The number of likely N-dealkylation sites (tertiary alicyclic amines) is 1. The van der Waals surface area contributed by atoms with E-state index >= 15 is 0 Å². The minimum Gasteiger partial charge on any atom is -0.347 e. The molecule has 134 valence electrons. The van der Waals surface area contributed by atoms with E-state index < -0.39 is 0 Å². The van der Waals surface area contributed by atoms with Crippen LogP contribution in [-0.4, -0.2) is 28.6 Å². The number of benzene rings is 2. The number of nitrogens with zero attached hydrogens (tertiary/aromatic N) is 2. The molecular formula is C22H25N3O. The summed E-state index contributed by atoms with van der Waals surface area (Å²) in [6.07, 6.45) is 4.31. The molecule has 1 aliphatic rings. The zero-order valence-corrected chi connectivity index (χ0v) is 15.0. The Morgan fingerprint density at radius 1 is 0.962 bits per heavy atom. The van der Waals surface area contributed by atoms with Gasteiger partial charge < -0.3 is 14.8 Å². The first kappa shape index (κ1) is 16.7. The summed E-state index contributed by atoms with van der Waals surface area (Å²) < 4.78 is 2.35. The molecule has 2 amide bonds. The molecule has 1 saturated heterocycles. The van der Waals surface area contributed by atoms with Gasteiger partial charge in [0.1, 0.15) is 0 Å². The molecule has 1 N–H and O–H groups in total. The highest BCUT2D eigenvalue weighted by Crippen LogP contribution is 2.22. The van der Waals surface area contributed by atoms with Crippen molar-refractivity contribution >= 4 is 16.9 Å². The molecule has 0 atom stereocenters. The van der Waals surface area contributed by atoms with E-state index in [4.69, 9.17) is 0 Å². The SMILES string of the molecule is O=C(NCc1ccccc1)N1CCC(Cn2ccc3ccccc32)CC1. The number of hydrogen-bond acceptors (Lipinski definition) is 1. The Labute approximate surface area is 154 Å². The molecular weight excluding hydrogens is 322 g/mol. The van der Waals surface area contributed by atoms with Gasteiger partial charge in [0, 0.05) is 37.9 Å². The molecule has 1 fully saturated rings. The molecule has 0 saturated carbocycles. The highest BCUT2D eigenvalue weighted by molar-refractivity contribution is 5.79. The maximum atomic E-state index is 12.4. The topological polar surface area (TPSA) is 37.3 Å². The quantitative estimate of drug-likeness (QED) is 0.752. The average molecular weight is 347 g/mol. The standard InChI is InChI=1S/C22H25N3O/c26-22(23-16-18-6-2-1-3-7-18)24-13-10-19(11-14-24)17-25-15-12-20-8-4-5-9-21(20)25/h1-9,12,15,19H,10-11,13-14,16-17H2,(H,23,26). The highest BCUT2D eigenvalue weighted by Gasteiger charge is 2.23. The predicted molar refractivity (Wildman–Crippen MR) is 105 cm³/mol. The van der Waals surface area contributed by atoms with E-state index in [9.17, 15) is 4.79 Å². The molecule has 26 heavy (non-hydrogen) atoms. The number of para-hydroxylation sites is 1. The number of rotatable bonds is 4. The first-order valence-corrected chi connectivity index (χ1v) is 9.40. The van der Waals surface area contributed by atoms with Crippen LogP contribution >= 0.6 is 0 Å². The molecule has 2 heterocycles. The number of fused-ring (bicyclic) bond motifs is 1. The van der Waals surface area contributed by atoms with Crippen molar-refractivity contribution in [2.75, 3.05) is 13.1 Å². The smallest absolute Gasteiger partial charge is 0.317 e. The average Bonchev–Trinajstić information content (AvgIpc) is 3.10. The predicted octanol–water partition coefficient (Wildman–Crippen LogP) is 4.26. The van der Waals surface area contributed by atoms with Gasteiger partial charge >= 0.3 is 6.03 Å². The zero-order valence-electron chi connectivity index (χ0n) is 15.0. The van der Waals surface area contributed by atoms with Crippen molar-refractivity contribution in [3.8, 4) is 0 Å². The molecule has 3 aromatic rings. The van der Waals surface area contributed by atoms with Gasteiger partial charge in [0.05, 0.1) is 0 Å². The molecule has 4 rings (SSSR count). The summed E-state index contributed by atoms with van der Waals surface area (Å²) in [7, 11) is 0. The van der Waals surface area contributed by atoms with Gasteiger partial charge in [-0.05, 0) is 41.8 Å². The van der Waals surface area contributed by atoms with Gasteiger partial charge in [-0.2, -0.15) is 0 Å². The molecule has 0 aliphatic carbocycles. The van der Waals surface area contributed by atoms with Crippen LogP contribution in [0.25, 0.3) is 10.9 Å². The van der Waals surface area contributed by atoms with Crippen molar-refractivity contribution in [1.29, 1.82) is 0 Å². The summed E-state index contributed by atoms with van der Waals surface area (Å²) >= 11 is 0. The van der Waals surface area contributed by atoms with Crippen LogP contribution in [0.4, 0.5) is 4.79 Å². The fraction of sp³-hybridized carbons (Fsp3) is 0.318. The van der Waals surface area contributed by atoms with Gasteiger partial charge in [-0.15, -0.1) is 0 Å². The minimum absolute atomic E-state index is 0.0544. The van der Waals surface area contributed by atoms with Crippen LogP contribution in [0.5, 0.6) is 0 Å². The molecule has 0 radical (unpaired) electrons. The van der Waals surface area contributed by atoms with E-state index in [0.717, 1.165) is 38.0 Å². The van der Waals surface area contributed by atoms with Crippen molar-refractivity contribution < 1.29 is 4.79 Å². The fourth-order valence-corrected chi connectivity index (χ4v) is 3.78. The molecule has 4 nitrogen and oxygen atoms in total. The lowest BCUT2D eigenvalue weighted by Crippen LogP contribution is -2.44. The second kappa shape index (κ2) is 7.65. The molecule has 0 unspecified atom stereocenters. The zero-order chi connectivity index (χ0) is 17.8. The summed E-state index contributed by atoms with van der Waals surface area (Å²) in [4.78, 5) is 14.3. The maximum Gasteiger partial charge on any atom is 0.317 e. The Morgan fingerprint density at radius 2 is 1.69 bits per heavy atom. The molecule has 0 bridgehead atoms. The van der Waals surface area contributed by atoms with E-state index in [2.05, 4.69) is 46.4 Å². The van der Waals surface area contributed by atoms with Crippen LogP contribution in [0, 0.1) is 5.92 Å². The third-order valence-electron chi connectivity index (χ3n) is 5.32. The summed E-state index contributed by atoms with van der Waals surface area (Å²) in [5.41, 5.74) is 2.44. The van der Waals surface area contributed by atoms with Gasteiger partial charge in [0.2, 0.25) is 0 Å². The van der Waals surface area contributed by atoms with E-state index in [1.54, 1.807) is 0 Å². The van der Waals surface area contributed by atoms with E-state index in [-0.39, 0.29) is 6.03 Å². The molecule has 1 aliphatic heterocycles. The number of urea groups is 1. The van der Waals surface area contributed by atoms with Gasteiger partial charge in [-0.1, -0.05) is 48.5 Å². The fourth-order valence-electron chi connectivity index (χ4n) is 3.78. The third kappa shape index (κ3) is 3.74. The van der Waals surface area contributed by atoms with Gasteiger partial charge in [0.25, 0.3) is 0 Å². The van der Waals surface area contributed by atoms with Crippen LogP contribution in [0.3, 0.4) is 0 Å². The van der Waals surface area contributed by atoms with Crippen LogP contribution < -0.4 is 5.32 Å². The Bertz CT molecular complexity index is 863. The first-order chi connectivity index (χ1) is 12.8. The molecule has 4 heteroatoms. The van der Waals surface area contributed by atoms with Crippen molar-refractivity contribution in [3.63, 3.8) is 0 Å².